The van der Waals surface area contributed by atoms with Crippen LogP contribution in [-0.4, -0.2) is 29.0 Å². The number of nitrogens with two attached hydrogens (primary N) is 1. The smallest absolute Gasteiger partial charge is 0.0733 e. The third-order valence-corrected chi connectivity index (χ3v) is 3.85. The van der Waals surface area contributed by atoms with Gasteiger partial charge >= 0.3 is 0 Å². The molecular formula is C18H35NO2. The second kappa shape index (κ2) is 14.4. The molecule has 0 heterocycles. The predicted octanol–water partition coefficient (Wildman–Crippen LogP) is 3.37. The van der Waals surface area contributed by atoms with E-state index in [-0.39, 0.29) is 13.2 Å². The van der Waals surface area contributed by atoms with Crippen LogP contribution in [0.4, 0.5) is 0 Å². The van der Waals surface area contributed by atoms with Crippen LogP contribution < -0.4 is 5.73 Å². The van der Waals surface area contributed by atoms with E-state index in [2.05, 4.69) is 18.8 Å². The van der Waals surface area contributed by atoms with Gasteiger partial charge in [0.25, 0.3) is 0 Å². The maximum Gasteiger partial charge on any atom is 0.0733 e. The van der Waals surface area contributed by atoms with Crippen molar-refractivity contribution < 1.29 is 10.2 Å². The number of hydrogen-bond acceptors (Lipinski definition) is 3. The van der Waals surface area contributed by atoms with E-state index in [4.69, 9.17) is 15.9 Å². The first kappa shape index (κ1) is 20.4. The van der Waals surface area contributed by atoms with Gasteiger partial charge in [0.15, 0.2) is 0 Å². The standard InChI is InChI=1S/C18H35NO2/c1-2-3-4-5-6-7-8-9-10-11-12-13-14-15-18(19,16-20)17-21/h20-21H,2-12,15-17,19H2,1H3. The first-order valence-corrected chi connectivity index (χ1v) is 8.65. The Bertz CT molecular complexity index is 277. The van der Waals surface area contributed by atoms with Gasteiger partial charge in [-0.05, 0) is 6.42 Å². The van der Waals surface area contributed by atoms with Crippen molar-refractivity contribution >= 4 is 0 Å². The molecule has 0 radical (unpaired) electrons. The van der Waals surface area contributed by atoms with Crippen LogP contribution in [0.1, 0.15) is 84.0 Å². The van der Waals surface area contributed by atoms with Crippen molar-refractivity contribution in [2.45, 2.75) is 89.5 Å². The number of aliphatic hydroxyl groups excluding tert-OH is 2. The molecule has 0 spiro atoms. The molecule has 4 N–H and O–H groups in total. The molecule has 0 atom stereocenters. The van der Waals surface area contributed by atoms with E-state index in [9.17, 15) is 0 Å². The van der Waals surface area contributed by atoms with Gasteiger partial charge in [-0.1, -0.05) is 64.7 Å². The summed E-state index contributed by atoms with van der Waals surface area (Å²) < 4.78 is 0. The summed E-state index contributed by atoms with van der Waals surface area (Å²) in [7, 11) is 0. The zero-order valence-electron chi connectivity index (χ0n) is 13.9. The van der Waals surface area contributed by atoms with Gasteiger partial charge in [0.2, 0.25) is 0 Å². The molecule has 0 unspecified atom stereocenters. The fraction of sp³-hybridized carbons (Fsp3) is 0.889. The van der Waals surface area contributed by atoms with Crippen LogP contribution in [0.15, 0.2) is 0 Å². The Balaban J connectivity index is 3.33. The number of rotatable bonds is 13. The monoisotopic (exact) mass is 297 g/mol. The van der Waals surface area contributed by atoms with Crippen LogP contribution >= 0.6 is 0 Å². The van der Waals surface area contributed by atoms with Crippen LogP contribution in [0.5, 0.6) is 0 Å². The molecule has 0 aliphatic rings. The van der Waals surface area contributed by atoms with Crippen molar-refractivity contribution in [2.24, 2.45) is 5.73 Å². The van der Waals surface area contributed by atoms with Crippen LogP contribution in [0.25, 0.3) is 0 Å². The Labute approximate surface area is 131 Å². The molecule has 0 bridgehead atoms. The highest BCUT2D eigenvalue weighted by Gasteiger charge is 2.21. The van der Waals surface area contributed by atoms with Gasteiger partial charge in [-0.25, -0.2) is 0 Å². The summed E-state index contributed by atoms with van der Waals surface area (Å²) in [6.07, 6.45) is 14.6. The highest BCUT2D eigenvalue weighted by Crippen LogP contribution is 2.11. The van der Waals surface area contributed by atoms with Gasteiger partial charge in [-0.2, -0.15) is 0 Å². The second-order valence-corrected chi connectivity index (χ2v) is 6.14. The zero-order valence-corrected chi connectivity index (χ0v) is 13.9. The number of hydrogen-bond donors (Lipinski definition) is 3. The van der Waals surface area contributed by atoms with Crippen LogP contribution in [-0.2, 0) is 0 Å². The minimum Gasteiger partial charge on any atom is -0.394 e. The Morgan fingerprint density at radius 1 is 0.762 bits per heavy atom. The third-order valence-electron chi connectivity index (χ3n) is 3.85. The topological polar surface area (TPSA) is 66.5 Å². The summed E-state index contributed by atoms with van der Waals surface area (Å²) in [6.45, 7) is 1.80. The van der Waals surface area contributed by atoms with Crippen LogP contribution in [0, 0.1) is 11.8 Å². The lowest BCUT2D eigenvalue weighted by Crippen LogP contribution is -2.46. The Morgan fingerprint density at radius 3 is 1.71 bits per heavy atom. The fourth-order valence-corrected chi connectivity index (χ4v) is 2.19. The highest BCUT2D eigenvalue weighted by atomic mass is 16.3. The lowest BCUT2D eigenvalue weighted by atomic mass is 9.99. The molecule has 0 aromatic heterocycles. The first-order valence-electron chi connectivity index (χ1n) is 8.65. The van der Waals surface area contributed by atoms with E-state index in [1.54, 1.807) is 0 Å². The minimum absolute atomic E-state index is 0.226. The van der Waals surface area contributed by atoms with Gasteiger partial charge < -0.3 is 15.9 Å². The summed E-state index contributed by atoms with van der Waals surface area (Å²) in [5.41, 5.74) is 4.79. The molecule has 3 heteroatoms. The quantitative estimate of drug-likeness (QED) is 0.361. The average Bonchev–Trinajstić information content (AvgIpc) is 2.51. The summed E-state index contributed by atoms with van der Waals surface area (Å²) >= 11 is 0. The van der Waals surface area contributed by atoms with E-state index in [0.717, 1.165) is 12.8 Å². The van der Waals surface area contributed by atoms with Crippen molar-refractivity contribution in [1.29, 1.82) is 0 Å². The minimum atomic E-state index is -0.940. The Morgan fingerprint density at radius 2 is 1.24 bits per heavy atom. The molecule has 21 heavy (non-hydrogen) atoms. The molecule has 0 aromatic carbocycles. The fourth-order valence-electron chi connectivity index (χ4n) is 2.19. The lowest BCUT2D eigenvalue weighted by Gasteiger charge is -2.21. The molecular weight excluding hydrogens is 262 g/mol. The molecule has 0 aliphatic carbocycles. The average molecular weight is 297 g/mol. The Kier molecular flexibility index (Phi) is 14.0. The molecule has 0 saturated heterocycles. The van der Waals surface area contributed by atoms with Crippen LogP contribution in [0.3, 0.4) is 0 Å². The molecule has 0 amide bonds. The Hall–Kier alpha value is -0.560. The van der Waals surface area contributed by atoms with Crippen molar-refractivity contribution in [3.05, 3.63) is 0 Å². The molecule has 124 valence electrons. The molecule has 0 fully saturated rings. The van der Waals surface area contributed by atoms with E-state index in [1.807, 2.05) is 0 Å². The zero-order chi connectivity index (χ0) is 15.8. The van der Waals surface area contributed by atoms with Gasteiger partial charge in [0.05, 0.1) is 18.8 Å². The molecule has 0 aliphatic heterocycles. The normalized spacial score (nSPS) is 11.2. The van der Waals surface area contributed by atoms with Gasteiger partial charge in [0, 0.05) is 12.8 Å². The predicted molar refractivity (Wildman–Crippen MR) is 89.9 cm³/mol. The maximum atomic E-state index is 9.02. The van der Waals surface area contributed by atoms with E-state index in [1.165, 1.54) is 57.8 Å². The number of unbranched alkanes of at least 4 members (excludes halogenated alkanes) is 10. The lowest BCUT2D eigenvalue weighted by molar-refractivity contribution is 0.124. The second-order valence-electron chi connectivity index (χ2n) is 6.14. The molecule has 3 nitrogen and oxygen atoms in total. The van der Waals surface area contributed by atoms with E-state index in [0.29, 0.717) is 6.42 Å². The highest BCUT2D eigenvalue weighted by molar-refractivity contribution is 5.05. The molecule has 0 rings (SSSR count). The first-order chi connectivity index (χ1) is 10.2. The summed E-state index contributed by atoms with van der Waals surface area (Å²) in [5.74, 6) is 6.05. The molecule has 0 aromatic rings. The maximum absolute atomic E-state index is 9.02. The van der Waals surface area contributed by atoms with Crippen molar-refractivity contribution in [1.82, 2.24) is 0 Å². The third kappa shape index (κ3) is 12.9. The molecule has 0 saturated carbocycles. The van der Waals surface area contributed by atoms with E-state index < -0.39 is 5.54 Å². The van der Waals surface area contributed by atoms with Crippen molar-refractivity contribution in [3.8, 4) is 11.8 Å². The van der Waals surface area contributed by atoms with Crippen LogP contribution in [0.2, 0.25) is 0 Å². The summed E-state index contributed by atoms with van der Waals surface area (Å²) in [6, 6.07) is 0. The van der Waals surface area contributed by atoms with Crippen molar-refractivity contribution in [2.75, 3.05) is 13.2 Å². The largest absolute Gasteiger partial charge is 0.394 e. The van der Waals surface area contributed by atoms with Gasteiger partial charge in [-0.3, -0.25) is 0 Å². The summed E-state index contributed by atoms with van der Waals surface area (Å²) in [4.78, 5) is 0. The SMILES string of the molecule is CCCCCCCCCCCCC#CCC(N)(CO)CO. The van der Waals surface area contributed by atoms with E-state index >= 15 is 0 Å². The van der Waals surface area contributed by atoms with Gasteiger partial charge in [0.1, 0.15) is 0 Å². The van der Waals surface area contributed by atoms with Crippen molar-refractivity contribution in [3.63, 3.8) is 0 Å². The summed E-state index contributed by atoms with van der Waals surface area (Å²) in [5, 5.41) is 18.0. The van der Waals surface area contributed by atoms with Gasteiger partial charge in [-0.15, -0.1) is 11.8 Å². The number of aliphatic hydroxyl groups is 2.